The molecule has 0 aromatic heterocycles. The Hall–Kier alpha value is -0.160. The van der Waals surface area contributed by atoms with Crippen molar-refractivity contribution in [3.63, 3.8) is 0 Å². The largest absolute Gasteiger partial charge is 0.314 e. The van der Waals surface area contributed by atoms with E-state index in [4.69, 9.17) is 0 Å². The summed E-state index contributed by atoms with van der Waals surface area (Å²) in [5.41, 5.74) is 0. The summed E-state index contributed by atoms with van der Waals surface area (Å²) in [7, 11) is 0. The molecule has 2 heterocycles. The van der Waals surface area contributed by atoms with Gasteiger partial charge in [0, 0.05) is 37.8 Å². The minimum Gasteiger partial charge on any atom is -0.314 e. The fourth-order valence-electron chi connectivity index (χ4n) is 7.51. The second-order valence-electron chi connectivity index (χ2n) is 13.8. The summed E-state index contributed by atoms with van der Waals surface area (Å²) in [4.78, 5) is 3.91. The van der Waals surface area contributed by atoms with E-state index in [-0.39, 0.29) is 0 Å². The van der Waals surface area contributed by atoms with Crippen molar-refractivity contribution in [1.82, 2.24) is 10.6 Å². The van der Waals surface area contributed by atoms with Gasteiger partial charge in [-0.25, -0.2) is 0 Å². The van der Waals surface area contributed by atoms with E-state index in [9.17, 15) is 0 Å². The van der Waals surface area contributed by atoms with Crippen LogP contribution < -0.4 is 20.4 Å². The van der Waals surface area contributed by atoms with Crippen LogP contribution in [0.25, 0.3) is 0 Å². The van der Waals surface area contributed by atoms with Gasteiger partial charge in [0.2, 0.25) is 6.17 Å². The van der Waals surface area contributed by atoms with Crippen molar-refractivity contribution in [3.8, 4) is 0 Å². The number of rotatable bonds is 26. The molecule has 0 amide bonds. The Balaban J connectivity index is 1.69. The summed E-state index contributed by atoms with van der Waals surface area (Å²) in [5, 5.41) is 7.89. The zero-order valence-electron chi connectivity index (χ0n) is 27.9. The highest BCUT2D eigenvalue weighted by Crippen LogP contribution is 2.11. The predicted molar refractivity (Wildman–Crippen MR) is 177 cm³/mol. The van der Waals surface area contributed by atoms with Crippen LogP contribution in [0.2, 0.25) is 0 Å². The van der Waals surface area contributed by atoms with Gasteiger partial charge in [-0.1, -0.05) is 124 Å². The Morgan fingerprint density at radius 1 is 0.450 bits per heavy atom. The molecule has 0 bridgehead atoms. The van der Waals surface area contributed by atoms with Crippen LogP contribution in [0.15, 0.2) is 0 Å². The fourth-order valence-corrected chi connectivity index (χ4v) is 7.51. The summed E-state index contributed by atoms with van der Waals surface area (Å²) in [5.74, 6) is 0. The molecule has 4 N–H and O–H groups in total. The molecule has 2 aliphatic heterocycles. The minimum absolute atomic E-state index is 0.783. The Kier molecular flexibility index (Phi) is 22.8. The second-order valence-corrected chi connectivity index (χ2v) is 13.8. The third-order valence-corrected chi connectivity index (χ3v) is 10.3. The van der Waals surface area contributed by atoms with Gasteiger partial charge in [-0.3, -0.25) is 9.80 Å². The van der Waals surface area contributed by atoms with Gasteiger partial charge in [0.05, 0.1) is 32.6 Å². The number of likely N-dealkylation sites (tertiary alicyclic amines) is 2. The summed E-state index contributed by atoms with van der Waals surface area (Å²) in [6.07, 6.45) is 34.9. The van der Waals surface area contributed by atoms with Crippen LogP contribution in [0.3, 0.4) is 0 Å². The smallest absolute Gasteiger partial charge is 0.213 e. The lowest BCUT2D eigenvalue weighted by Crippen LogP contribution is -3.36. The molecule has 0 atom stereocenters. The molecule has 0 spiro atoms. The molecule has 0 radical (unpaired) electrons. The molecule has 2 rings (SSSR count). The van der Waals surface area contributed by atoms with Crippen molar-refractivity contribution in [2.24, 2.45) is 0 Å². The van der Waals surface area contributed by atoms with Crippen LogP contribution >= 0.6 is 0 Å². The lowest BCUT2D eigenvalue weighted by atomic mass is 9.99. The standard InChI is InChI=1S/C36H74N4/c1-4-7-10-13-16-17-20-23-36(39-30-24-34(25-31-39)37-28-21-18-14-11-8-5-2)40-32-26-35(27-33-40)38-29-22-19-15-12-9-6-3/h34-38H,4-33H2,1-3H3/p+2. The predicted octanol–water partition coefficient (Wildman–Crippen LogP) is 6.45. The van der Waals surface area contributed by atoms with Crippen LogP contribution in [0.5, 0.6) is 0 Å². The van der Waals surface area contributed by atoms with Crippen LogP contribution in [0, 0.1) is 0 Å². The maximum Gasteiger partial charge on any atom is 0.213 e. The van der Waals surface area contributed by atoms with Crippen LogP contribution in [0.4, 0.5) is 0 Å². The zero-order chi connectivity index (χ0) is 28.5. The molecule has 2 aliphatic rings. The first-order chi connectivity index (χ1) is 19.8. The van der Waals surface area contributed by atoms with Crippen molar-refractivity contribution in [3.05, 3.63) is 0 Å². The number of hydrogen-bond donors (Lipinski definition) is 4. The van der Waals surface area contributed by atoms with E-state index in [2.05, 4.69) is 31.4 Å². The molecule has 40 heavy (non-hydrogen) atoms. The molecule has 0 aromatic rings. The topological polar surface area (TPSA) is 32.9 Å². The van der Waals surface area contributed by atoms with E-state index in [0.29, 0.717) is 0 Å². The molecule has 2 fully saturated rings. The van der Waals surface area contributed by atoms with Crippen molar-refractivity contribution >= 4 is 0 Å². The third kappa shape index (κ3) is 17.1. The van der Waals surface area contributed by atoms with E-state index in [1.165, 1.54) is 193 Å². The maximum absolute atomic E-state index is 3.94. The summed E-state index contributed by atoms with van der Waals surface area (Å²) < 4.78 is 0. The molecule has 0 aromatic carbocycles. The van der Waals surface area contributed by atoms with Gasteiger partial charge in [0.15, 0.2) is 0 Å². The Labute approximate surface area is 252 Å². The first-order valence-electron chi connectivity index (χ1n) is 18.9. The van der Waals surface area contributed by atoms with Gasteiger partial charge in [-0.05, 0) is 32.4 Å². The van der Waals surface area contributed by atoms with Gasteiger partial charge in [-0.2, -0.15) is 0 Å². The average molecular weight is 565 g/mol. The first-order valence-corrected chi connectivity index (χ1v) is 18.9. The van der Waals surface area contributed by atoms with Crippen molar-refractivity contribution in [2.75, 3.05) is 39.3 Å². The van der Waals surface area contributed by atoms with Crippen molar-refractivity contribution in [1.29, 1.82) is 0 Å². The summed E-state index contributed by atoms with van der Waals surface area (Å²) in [6, 6.07) is 1.57. The summed E-state index contributed by atoms with van der Waals surface area (Å²) >= 11 is 0. The van der Waals surface area contributed by atoms with Gasteiger partial charge < -0.3 is 10.6 Å². The van der Waals surface area contributed by atoms with E-state index >= 15 is 0 Å². The molecule has 2 saturated heterocycles. The molecule has 4 nitrogen and oxygen atoms in total. The van der Waals surface area contributed by atoms with E-state index in [0.717, 1.165) is 18.2 Å². The SMILES string of the molecule is CCCCCCCCCC([NH+]1CCC(NCCCCCCCC)CC1)[NH+]1CCC(NCCCCCCCC)CC1. The van der Waals surface area contributed by atoms with Gasteiger partial charge in [-0.15, -0.1) is 0 Å². The monoisotopic (exact) mass is 565 g/mol. The number of piperidine rings is 2. The number of nitrogens with one attached hydrogen (secondary N) is 4. The third-order valence-electron chi connectivity index (χ3n) is 10.3. The van der Waals surface area contributed by atoms with Crippen molar-refractivity contribution in [2.45, 2.75) is 193 Å². The highest BCUT2D eigenvalue weighted by Gasteiger charge is 2.36. The van der Waals surface area contributed by atoms with Gasteiger partial charge in [0.25, 0.3) is 0 Å². The molecule has 4 heteroatoms. The van der Waals surface area contributed by atoms with Gasteiger partial charge >= 0.3 is 0 Å². The normalized spacial score (nSPS) is 24.4. The van der Waals surface area contributed by atoms with Crippen LogP contribution in [0.1, 0.15) is 175 Å². The number of quaternary nitrogens is 2. The van der Waals surface area contributed by atoms with Gasteiger partial charge in [0.1, 0.15) is 0 Å². The van der Waals surface area contributed by atoms with E-state index < -0.39 is 0 Å². The Bertz CT molecular complexity index is 487. The summed E-state index contributed by atoms with van der Waals surface area (Å²) in [6.45, 7) is 15.1. The zero-order valence-corrected chi connectivity index (χ0v) is 27.9. The highest BCUT2D eigenvalue weighted by atomic mass is 15.4. The highest BCUT2D eigenvalue weighted by molar-refractivity contribution is 4.72. The van der Waals surface area contributed by atoms with Crippen molar-refractivity contribution < 1.29 is 9.80 Å². The average Bonchev–Trinajstić information content (AvgIpc) is 2.98. The van der Waals surface area contributed by atoms with Crippen LogP contribution in [-0.2, 0) is 0 Å². The molecular weight excluding hydrogens is 488 g/mol. The second kappa shape index (κ2) is 25.3. The lowest BCUT2D eigenvalue weighted by molar-refractivity contribution is -1.12. The Morgan fingerprint density at radius 2 is 0.775 bits per heavy atom. The lowest BCUT2D eigenvalue weighted by Gasteiger charge is -2.40. The molecule has 0 unspecified atom stereocenters. The molecule has 0 aliphatic carbocycles. The number of hydrogen-bond acceptors (Lipinski definition) is 2. The first kappa shape index (κ1) is 36.0. The van der Waals surface area contributed by atoms with E-state index in [1.54, 1.807) is 0 Å². The minimum atomic E-state index is 0.783. The quantitative estimate of drug-likeness (QED) is 0.0911. The van der Waals surface area contributed by atoms with Crippen LogP contribution in [-0.4, -0.2) is 57.5 Å². The fraction of sp³-hybridized carbons (Fsp3) is 1.00. The Morgan fingerprint density at radius 3 is 1.15 bits per heavy atom. The molecule has 0 saturated carbocycles. The molecule has 238 valence electrons. The maximum atomic E-state index is 3.94. The van der Waals surface area contributed by atoms with E-state index in [1.807, 2.05) is 9.80 Å². The molecular formula is C36H76N4+2. The number of unbranched alkanes of at least 4 members (excludes halogenated alkanes) is 16.